The first-order valence-electron chi connectivity index (χ1n) is 6.29. The highest BCUT2D eigenvalue weighted by Crippen LogP contribution is 2.15. The fourth-order valence-corrected chi connectivity index (χ4v) is 2.34. The van der Waals surface area contributed by atoms with E-state index in [9.17, 15) is 0 Å². The molecule has 0 saturated carbocycles. The summed E-state index contributed by atoms with van der Waals surface area (Å²) in [4.78, 5) is 4.30. The maximum atomic E-state index is 5.82. The van der Waals surface area contributed by atoms with Crippen molar-refractivity contribution in [2.45, 2.75) is 26.2 Å². The van der Waals surface area contributed by atoms with E-state index < -0.39 is 0 Å². The molecule has 2 aromatic heterocycles. The van der Waals surface area contributed by atoms with Gasteiger partial charge in [-0.3, -0.25) is 4.40 Å². The lowest BCUT2D eigenvalue weighted by Crippen LogP contribution is -2.16. The largest absolute Gasteiger partial charge is 0.367 e. The molecule has 2 aromatic rings. The number of anilines is 1. The maximum Gasteiger partial charge on any atom is 0.203 e. The molecule has 1 N–H and O–H groups in total. The summed E-state index contributed by atoms with van der Waals surface area (Å²) >= 11 is 5.82. The molecule has 1 unspecified atom stereocenters. The third kappa shape index (κ3) is 3.10. The summed E-state index contributed by atoms with van der Waals surface area (Å²) in [6.07, 6.45) is 8.63. The summed E-state index contributed by atoms with van der Waals surface area (Å²) in [7, 11) is 0. The normalized spacial score (nSPS) is 12.8. The van der Waals surface area contributed by atoms with E-state index in [0.29, 0.717) is 11.8 Å². The monoisotopic (exact) mass is 267 g/mol. The number of nitrogens with zero attached hydrogens (tertiary/aromatic N) is 4. The molecule has 18 heavy (non-hydrogen) atoms. The first kappa shape index (κ1) is 13.1. The van der Waals surface area contributed by atoms with Gasteiger partial charge in [0.1, 0.15) is 6.33 Å². The molecule has 0 aromatic carbocycles. The number of halogens is 1. The van der Waals surface area contributed by atoms with Gasteiger partial charge >= 0.3 is 0 Å². The van der Waals surface area contributed by atoms with E-state index in [1.165, 1.54) is 12.8 Å². The molecule has 5 nitrogen and oxygen atoms in total. The third-order valence-electron chi connectivity index (χ3n) is 2.99. The maximum absolute atomic E-state index is 5.82. The highest BCUT2D eigenvalue weighted by atomic mass is 35.5. The van der Waals surface area contributed by atoms with Crippen LogP contribution in [0.15, 0.2) is 18.7 Å². The van der Waals surface area contributed by atoms with Gasteiger partial charge in [-0.15, -0.1) is 21.8 Å². The van der Waals surface area contributed by atoms with Crippen LogP contribution < -0.4 is 5.32 Å². The van der Waals surface area contributed by atoms with Gasteiger partial charge in [0.15, 0.2) is 5.82 Å². The topological polar surface area (TPSA) is 55.1 Å². The van der Waals surface area contributed by atoms with Gasteiger partial charge in [0, 0.05) is 24.8 Å². The summed E-state index contributed by atoms with van der Waals surface area (Å²) in [5, 5.41) is 11.3. The smallest absolute Gasteiger partial charge is 0.203 e. The zero-order valence-electron chi connectivity index (χ0n) is 10.5. The quantitative estimate of drug-likeness (QED) is 0.784. The standard InChI is InChI=1S/C12H18ClN5/c1-2-3-10(4-5-13)8-15-11-12-17-16-9-18(12)7-6-14-11/h6-7,9-10H,2-5,8H2,1H3,(H,14,15). The zero-order valence-corrected chi connectivity index (χ0v) is 11.3. The summed E-state index contributed by atoms with van der Waals surface area (Å²) in [6, 6.07) is 0. The fraction of sp³-hybridized carbons (Fsp3) is 0.583. The second-order valence-corrected chi connectivity index (χ2v) is 4.73. The number of hydrogen-bond acceptors (Lipinski definition) is 4. The highest BCUT2D eigenvalue weighted by molar-refractivity contribution is 6.17. The Kier molecular flexibility index (Phi) is 4.75. The van der Waals surface area contributed by atoms with E-state index in [1.54, 1.807) is 12.5 Å². The molecule has 0 aliphatic heterocycles. The minimum atomic E-state index is 0.581. The van der Waals surface area contributed by atoms with Crippen molar-refractivity contribution in [2.75, 3.05) is 17.7 Å². The Morgan fingerprint density at radius 3 is 3.11 bits per heavy atom. The Morgan fingerprint density at radius 1 is 1.44 bits per heavy atom. The van der Waals surface area contributed by atoms with Crippen molar-refractivity contribution in [1.82, 2.24) is 19.6 Å². The molecule has 0 fully saturated rings. The Bertz CT molecular complexity index is 478. The Morgan fingerprint density at radius 2 is 2.33 bits per heavy atom. The van der Waals surface area contributed by atoms with Crippen molar-refractivity contribution in [1.29, 1.82) is 0 Å². The van der Waals surface area contributed by atoms with Crippen molar-refractivity contribution in [3.8, 4) is 0 Å². The van der Waals surface area contributed by atoms with Gasteiger partial charge in [-0.1, -0.05) is 13.3 Å². The molecule has 0 saturated heterocycles. The first-order valence-corrected chi connectivity index (χ1v) is 6.82. The van der Waals surface area contributed by atoms with Crippen molar-refractivity contribution in [3.05, 3.63) is 18.7 Å². The van der Waals surface area contributed by atoms with Crippen molar-refractivity contribution in [2.24, 2.45) is 5.92 Å². The zero-order chi connectivity index (χ0) is 12.8. The summed E-state index contributed by atoms with van der Waals surface area (Å²) < 4.78 is 1.85. The number of hydrogen-bond donors (Lipinski definition) is 1. The molecule has 2 rings (SSSR count). The number of nitrogens with one attached hydrogen (secondary N) is 1. The molecule has 6 heteroatoms. The summed E-state index contributed by atoms with van der Waals surface area (Å²) in [5.74, 6) is 2.07. The van der Waals surface area contributed by atoms with Crippen LogP contribution in [-0.2, 0) is 0 Å². The predicted molar refractivity (Wildman–Crippen MR) is 73.0 cm³/mol. The van der Waals surface area contributed by atoms with E-state index in [0.717, 1.165) is 24.4 Å². The molecule has 0 spiro atoms. The summed E-state index contributed by atoms with van der Waals surface area (Å²) in [6.45, 7) is 3.07. The minimum Gasteiger partial charge on any atom is -0.367 e. The number of alkyl halides is 1. The summed E-state index contributed by atoms with van der Waals surface area (Å²) in [5.41, 5.74) is 0.763. The second-order valence-electron chi connectivity index (χ2n) is 4.35. The molecular weight excluding hydrogens is 250 g/mol. The average molecular weight is 268 g/mol. The van der Waals surface area contributed by atoms with E-state index in [4.69, 9.17) is 11.6 Å². The molecular formula is C12H18ClN5. The van der Waals surface area contributed by atoms with Crippen molar-refractivity contribution < 1.29 is 0 Å². The lowest BCUT2D eigenvalue weighted by atomic mass is 10.0. The van der Waals surface area contributed by atoms with Gasteiger partial charge in [0.25, 0.3) is 0 Å². The van der Waals surface area contributed by atoms with Crippen LogP contribution in [0.5, 0.6) is 0 Å². The fourth-order valence-electron chi connectivity index (χ4n) is 2.04. The molecule has 1 atom stereocenters. The van der Waals surface area contributed by atoms with Crippen LogP contribution in [0.4, 0.5) is 5.82 Å². The van der Waals surface area contributed by atoms with Crippen LogP contribution in [-0.4, -0.2) is 32.0 Å². The molecule has 98 valence electrons. The highest BCUT2D eigenvalue weighted by Gasteiger charge is 2.09. The second kappa shape index (κ2) is 6.54. The van der Waals surface area contributed by atoms with Gasteiger partial charge < -0.3 is 5.32 Å². The lowest BCUT2D eigenvalue weighted by molar-refractivity contribution is 0.490. The van der Waals surface area contributed by atoms with Crippen LogP contribution in [0.2, 0.25) is 0 Å². The SMILES string of the molecule is CCCC(CCCl)CNc1nccn2cnnc12. The predicted octanol–water partition coefficient (Wildman–Crippen LogP) is 2.58. The molecule has 0 aliphatic rings. The molecule has 0 aliphatic carbocycles. The van der Waals surface area contributed by atoms with Crippen LogP contribution in [0, 0.1) is 5.92 Å². The van der Waals surface area contributed by atoms with Gasteiger partial charge in [0.2, 0.25) is 5.65 Å². The van der Waals surface area contributed by atoms with Gasteiger partial charge in [-0.25, -0.2) is 4.98 Å². The molecule has 2 heterocycles. The van der Waals surface area contributed by atoms with Gasteiger partial charge in [0.05, 0.1) is 0 Å². The third-order valence-corrected chi connectivity index (χ3v) is 3.21. The van der Waals surface area contributed by atoms with E-state index in [1.807, 2.05) is 10.6 Å². The number of rotatable bonds is 7. The van der Waals surface area contributed by atoms with Crippen LogP contribution in [0.25, 0.3) is 5.65 Å². The number of aromatic nitrogens is 4. The van der Waals surface area contributed by atoms with Gasteiger partial charge in [-0.05, 0) is 18.8 Å². The van der Waals surface area contributed by atoms with Crippen molar-refractivity contribution >= 4 is 23.1 Å². The molecule has 0 amide bonds. The number of fused-ring (bicyclic) bond motifs is 1. The molecule has 0 bridgehead atoms. The van der Waals surface area contributed by atoms with E-state index in [-0.39, 0.29) is 0 Å². The molecule has 0 radical (unpaired) electrons. The first-order chi connectivity index (χ1) is 8.85. The van der Waals surface area contributed by atoms with Crippen LogP contribution in [0.1, 0.15) is 26.2 Å². The van der Waals surface area contributed by atoms with Gasteiger partial charge in [-0.2, -0.15) is 0 Å². The lowest BCUT2D eigenvalue weighted by Gasteiger charge is -2.15. The van der Waals surface area contributed by atoms with Crippen LogP contribution >= 0.6 is 11.6 Å². The Hall–Kier alpha value is -1.36. The van der Waals surface area contributed by atoms with Crippen molar-refractivity contribution in [3.63, 3.8) is 0 Å². The van der Waals surface area contributed by atoms with Crippen LogP contribution in [0.3, 0.4) is 0 Å². The van der Waals surface area contributed by atoms with E-state index >= 15 is 0 Å². The van der Waals surface area contributed by atoms with E-state index in [2.05, 4.69) is 27.4 Å². The Balaban J connectivity index is 2.02. The average Bonchev–Trinajstić information content (AvgIpc) is 2.85. The Labute approximate surface area is 112 Å². The minimum absolute atomic E-state index is 0.581.